The Balaban J connectivity index is 1.75. The number of anilines is 2. The van der Waals surface area contributed by atoms with Crippen LogP contribution in [0.2, 0.25) is 0 Å². The summed E-state index contributed by atoms with van der Waals surface area (Å²) in [6.45, 7) is 0.126. The largest absolute Gasteiger partial charge is 0.482 e. The van der Waals surface area contributed by atoms with Crippen molar-refractivity contribution in [3.8, 4) is 5.75 Å². The maximum Gasteiger partial charge on any atom is 0.422 e. The van der Waals surface area contributed by atoms with Gasteiger partial charge in [0.15, 0.2) is 6.61 Å². The van der Waals surface area contributed by atoms with Gasteiger partial charge in [-0.05, 0) is 61.0 Å². The molecule has 2 N–H and O–H groups in total. The second-order valence-corrected chi connectivity index (χ2v) is 8.65. The molecule has 0 heterocycles. The average Bonchev–Trinajstić information content (AvgIpc) is 2.75. The summed E-state index contributed by atoms with van der Waals surface area (Å²) in [5, 5.41) is 2.45. The average molecular weight is 482 g/mol. The quantitative estimate of drug-likeness (QED) is 0.458. The summed E-state index contributed by atoms with van der Waals surface area (Å²) in [6, 6.07) is 14.3. The summed E-state index contributed by atoms with van der Waals surface area (Å²) in [5.41, 5.74) is 0.460. The molecule has 0 aliphatic heterocycles. The number of amides is 1. The van der Waals surface area contributed by atoms with E-state index < -0.39 is 34.5 Å². The minimum absolute atomic E-state index is 0.0211. The fraction of sp³-hybridized carbons (Fsp3) is 0.136. The number of hydrogen-bond donors (Lipinski definition) is 2. The van der Waals surface area contributed by atoms with Gasteiger partial charge in [0.25, 0.3) is 15.9 Å². The van der Waals surface area contributed by atoms with Crippen molar-refractivity contribution in [2.75, 3.05) is 16.6 Å². The molecular formula is C22H18F4N2O4S. The molecule has 0 bridgehead atoms. The number of alkyl halides is 3. The van der Waals surface area contributed by atoms with Gasteiger partial charge >= 0.3 is 6.18 Å². The monoisotopic (exact) mass is 482 g/mol. The zero-order chi connectivity index (χ0) is 24.2. The topological polar surface area (TPSA) is 84.5 Å². The van der Waals surface area contributed by atoms with Crippen LogP contribution in [0.3, 0.4) is 0 Å². The predicted molar refractivity (Wildman–Crippen MR) is 114 cm³/mol. The van der Waals surface area contributed by atoms with Crippen molar-refractivity contribution in [2.24, 2.45) is 0 Å². The van der Waals surface area contributed by atoms with E-state index in [4.69, 9.17) is 4.74 Å². The lowest BCUT2D eigenvalue weighted by Gasteiger charge is -2.15. The summed E-state index contributed by atoms with van der Waals surface area (Å²) >= 11 is 0. The Morgan fingerprint density at radius 3 is 2.27 bits per heavy atom. The number of ether oxygens (including phenoxy) is 1. The Morgan fingerprint density at radius 2 is 1.64 bits per heavy atom. The zero-order valence-electron chi connectivity index (χ0n) is 17.1. The van der Waals surface area contributed by atoms with Crippen LogP contribution in [0.25, 0.3) is 0 Å². The van der Waals surface area contributed by atoms with Gasteiger partial charge in [-0.25, -0.2) is 12.8 Å². The second kappa shape index (κ2) is 9.49. The maximum atomic E-state index is 13.7. The van der Waals surface area contributed by atoms with E-state index in [-0.39, 0.29) is 27.6 Å². The Morgan fingerprint density at radius 1 is 0.970 bits per heavy atom. The van der Waals surface area contributed by atoms with Gasteiger partial charge in [-0.15, -0.1) is 0 Å². The van der Waals surface area contributed by atoms with Gasteiger partial charge in [-0.2, -0.15) is 13.2 Å². The molecule has 0 radical (unpaired) electrons. The van der Waals surface area contributed by atoms with Gasteiger partial charge in [-0.1, -0.05) is 18.2 Å². The minimum atomic E-state index is -4.55. The van der Waals surface area contributed by atoms with Gasteiger partial charge in [0, 0.05) is 5.56 Å². The van der Waals surface area contributed by atoms with Crippen LogP contribution in [0.5, 0.6) is 5.75 Å². The Kier molecular flexibility index (Phi) is 6.92. The number of para-hydroxylation sites is 1. The van der Waals surface area contributed by atoms with Gasteiger partial charge < -0.3 is 10.1 Å². The number of rotatable bonds is 7. The lowest BCUT2D eigenvalue weighted by atomic mass is 10.2. The van der Waals surface area contributed by atoms with Gasteiger partial charge in [0.1, 0.15) is 11.6 Å². The van der Waals surface area contributed by atoms with Crippen LogP contribution in [-0.2, 0) is 10.0 Å². The molecule has 174 valence electrons. The molecule has 0 fully saturated rings. The molecule has 0 aliphatic carbocycles. The SMILES string of the molecule is Cc1ccc(NC(=O)c2ccc(S(=O)(=O)Nc3ccccc3F)cc2)c(OCC(F)(F)F)c1. The smallest absolute Gasteiger partial charge is 0.422 e. The van der Waals surface area contributed by atoms with Crippen molar-refractivity contribution in [3.63, 3.8) is 0 Å². The maximum absolute atomic E-state index is 13.7. The van der Waals surface area contributed by atoms with Crippen LogP contribution < -0.4 is 14.8 Å². The summed E-state index contributed by atoms with van der Waals surface area (Å²) < 4.78 is 83.1. The van der Waals surface area contributed by atoms with Gasteiger partial charge in [-0.3, -0.25) is 9.52 Å². The Hall–Kier alpha value is -3.60. The number of sulfonamides is 1. The van der Waals surface area contributed by atoms with E-state index in [0.717, 1.165) is 18.2 Å². The highest BCUT2D eigenvalue weighted by Gasteiger charge is 2.29. The number of hydrogen-bond acceptors (Lipinski definition) is 4. The highest BCUT2D eigenvalue weighted by molar-refractivity contribution is 7.92. The van der Waals surface area contributed by atoms with Crippen molar-refractivity contribution in [1.82, 2.24) is 0 Å². The first-order valence-corrected chi connectivity index (χ1v) is 10.9. The van der Waals surface area contributed by atoms with Crippen LogP contribution in [-0.4, -0.2) is 27.1 Å². The van der Waals surface area contributed by atoms with E-state index in [0.29, 0.717) is 5.56 Å². The fourth-order valence-electron chi connectivity index (χ4n) is 2.74. The molecule has 0 saturated heterocycles. The van der Waals surface area contributed by atoms with Crippen molar-refractivity contribution >= 4 is 27.3 Å². The van der Waals surface area contributed by atoms with Crippen LogP contribution in [0.4, 0.5) is 28.9 Å². The van der Waals surface area contributed by atoms with E-state index in [1.165, 1.54) is 42.5 Å². The molecule has 3 aromatic rings. The Labute approximate surface area is 187 Å². The molecule has 0 atom stereocenters. The molecule has 0 unspecified atom stereocenters. The number of carbonyl (C=O) groups is 1. The highest BCUT2D eigenvalue weighted by atomic mass is 32.2. The predicted octanol–water partition coefficient (Wildman–Crippen LogP) is 5.13. The molecule has 11 heteroatoms. The second-order valence-electron chi connectivity index (χ2n) is 6.97. The first-order valence-electron chi connectivity index (χ1n) is 9.43. The lowest BCUT2D eigenvalue weighted by Crippen LogP contribution is -2.20. The molecule has 3 rings (SSSR count). The normalized spacial score (nSPS) is 11.7. The minimum Gasteiger partial charge on any atom is -0.482 e. The fourth-order valence-corrected chi connectivity index (χ4v) is 3.81. The van der Waals surface area contributed by atoms with E-state index in [1.54, 1.807) is 13.0 Å². The zero-order valence-corrected chi connectivity index (χ0v) is 17.9. The molecule has 33 heavy (non-hydrogen) atoms. The van der Waals surface area contributed by atoms with Crippen molar-refractivity contribution in [2.45, 2.75) is 18.0 Å². The van der Waals surface area contributed by atoms with E-state index in [9.17, 15) is 30.8 Å². The summed E-state index contributed by atoms with van der Waals surface area (Å²) in [5.74, 6) is -1.60. The first-order chi connectivity index (χ1) is 15.4. The number of benzene rings is 3. The van der Waals surface area contributed by atoms with Gasteiger partial charge in [0.05, 0.1) is 16.3 Å². The Bertz CT molecular complexity index is 1260. The lowest BCUT2D eigenvalue weighted by molar-refractivity contribution is -0.153. The van der Waals surface area contributed by atoms with Crippen LogP contribution in [0, 0.1) is 12.7 Å². The van der Waals surface area contributed by atoms with Gasteiger partial charge in [0.2, 0.25) is 0 Å². The molecule has 0 aliphatic rings. The van der Waals surface area contributed by atoms with Crippen LogP contribution in [0.1, 0.15) is 15.9 Å². The van der Waals surface area contributed by atoms with E-state index in [2.05, 4.69) is 10.0 Å². The first kappa shape index (κ1) is 24.1. The van der Waals surface area contributed by atoms with Crippen molar-refractivity contribution in [1.29, 1.82) is 0 Å². The number of carbonyl (C=O) groups excluding carboxylic acids is 1. The standard InChI is InChI=1S/C22H18F4N2O4S/c1-14-6-11-19(20(12-14)32-13-22(24,25)26)27-21(29)15-7-9-16(10-8-15)33(30,31)28-18-5-3-2-4-17(18)23/h2-12,28H,13H2,1H3,(H,27,29). The molecule has 0 aromatic heterocycles. The van der Waals surface area contributed by atoms with Crippen molar-refractivity contribution < 1.29 is 35.5 Å². The molecule has 3 aromatic carbocycles. The third-order valence-corrected chi connectivity index (χ3v) is 5.70. The van der Waals surface area contributed by atoms with E-state index in [1.807, 2.05) is 0 Å². The molecule has 0 saturated carbocycles. The third-order valence-electron chi connectivity index (χ3n) is 4.32. The molecule has 0 spiro atoms. The molecular weight excluding hydrogens is 464 g/mol. The number of aryl methyl sites for hydroxylation is 1. The summed E-state index contributed by atoms with van der Waals surface area (Å²) in [4.78, 5) is 12.3. The van der Waals surface area contributed by atoms with Crippen LogP contribution >= 0.6 is 0 Å². The number of halogens is 4. The summed E-state index contributed by atoms with van der Waals surface area (Å²) in [6.07, 6.45) is -4.55. The number of nitrogens with one attached hydrogen (secondary N) is 2. The summed E-state index contributed by atoms with van der Waals surface area (Å²) in [7, 11) is -4.12. The highest BCUT2D eigenvalue weighted by Crippen LogP contribution is 2.28. The van der Waals surface area contributed by atoms with E-state index >= 15 is 0 Å². The third kappa shape index (κ3) is 6.45. The molecule has 1 amide bonds. The van der Waals surface area contributed by atoms with Crippen molar-refractivity contribution in [3.05, 3.63) is 83.7 Å². The van der Waals surface area contributed by atoms with Crippen LogP contribution in [0.15, 0.2) is 71.6 Å². The molecule has 6 nitrogen and oxygen atoms in total.